The Morgan fingerprint density at radius 1 is 1.41 bits per heavy atom. The van der Waals surface area contributed by atoms with E-state index in [4.69, 9.17) is 14.0 Å². The van der Waals surface area contributed by atoms with Gasteiger partial charge >= 0.3 is 0 Å². The molecule has 1 aliphatic carbocycles. The summed E-state index contributed by atoms with van der Waals surface area (Å²) in [6, 6.07) is 3.53. The number of morpholine rings is 1. The SMILES string of the molecule is C[C@@H]1CCCC[C@@H]1OCC(=O)N1CCOC[C@@H]1c1nc(-c2cccs2)no1. The van der Waals surface area contributed by atoms with Gasteiger partial charge in [0.15, 0.2) is 0 Å². The van der Waals surface area contributed by atoms with E-state index in [2.05, 4.69) is 17.1 Å². The summed E-state index contributed by atoms with van der Waals surface area (Å²) in [5.41, 5.74) is 0. The number of aromatic nitrogens is 2. The summed E-state index contributed by atoms with van der Waals surface area (Å²) < 4.78 is 17.0. The predicted octanol–water partition coefficient (Wildman–Crippen LogP) is 3.29. The van der Waals surface area contributed by atoms with Gasteiger partial charge in [0.25, 0.3) is 5.89 Å². The second-order valence-electron chi connectivity index (χ2n) is 7.22. The van der Waals surface area contributed by atoms with Crippen molar-refractivity contribution in [2.75, 3.05) is 26.4 Å². The molecule has 1 saturated carbocycles. The normalized spacial score (nSPS) is 26.3. The van der Waals surface area contributed by atoms with Gasteiger partial charge in [-0.3, -0.25) is 4.79 Å². The van der Waals surface area contributed by atoms with Crippen LogP contribution in [-0.2, 0) is 14.3 Å². The van der Waals surface area contributed by atoms with E-state index >= 15 is 0 Å². The van der Waals surface area contributed by atoms with Gasteiger partial charge in [-0.2, -0.15) is 4.98 Å². The Bertz CT molecular complexity index is 748. The van der Waals surface area contributed by atoms with Gasteiger partial charge in [-0.15, -0.1) is 11.3 Å². The maximum absolute atomic E-state index is 12.8. The fourth-order valence-electron chi connectivity index (χ4n) is 3.77. The summed E-state index contributed by atoms with van der Waals surface area (Å²) in [4.78, 5) is 20.0. The first kappa shape index (κ1) is 18.6. The van der Waals surface area contributed by atoms with E-state index in [1.54, 1.807) is 16.2 Å². The summed E-state index contributed by atoms with van der Waals surface area (Å²) in [7, 11) is 0. The molecule has 1 aliphatic heterocycles. The van der Waals surface area contributed by atoms with Crippen molar-refractivity contribution in [3.63, 3.8) is 0 Å². The summed E-state index contributed by atoms with van der Waals surface area (Å²) >= 11 is 1.55. The lowest BCUT2D eigenvalue weighted by Crippen LogP contribution is -2.45. The first-order chi connectivity index (χ1) is 13.2. The monoisotopic (exact) mass is 391 g/mol. The van der Waals surface area contributed by atoms with Crippen LogP contribution in [0.15, 0.2) is 22.0 Å². The Morgan fingerprint density at radius 3 is 3.11 bits per heavy atom. The van der Waals surface area contributed by atoms with Crippen LogP contribution in [0.1, 0.15) is 44.5 Å². The molecule has 7 nitrogen and oxygen atoms in total. The van der Waals surface area contributed by atoms with E-state index in [-0.39, 0.29) is 24.7 Å². The fraction of sp³-hybridized carbons (Fsp3) is 0.632. The molecule has 8 heteroatoms. The molecule has 3 atom stereocenters. The molecular weight excluding hydrogens is 366 g/mol. The zero-order chi connectivity index (χ0) is 18.6. The molecule has 2 aromatic rings. The van der Waals surface area contributed by atoms with E-state index in [0.29, 0.717) is 37.4 Å². The third-order valence-corrected chi connectivity index (χ3v) is 6.24. The molecule has 0 spiro atoms. The van der Waals surface area contributed by atoms with Crippen molar-refractivity contribution in [1.82, 2.24) is 15.0 Å². The van der Waals surface area contributed by atoms with Crippen LogP contribution >= 0.6 is 11.3 Å². The van der Waals surface area contributed by atoms with Gasteiger partial charge in [0.05, 0.1) is 24.2 Å². The molecule has 146 valence electrons. The number of amides is 1. The van der Waals surface area contributed by atoms with Crippen molar-refractivity contribution in [3.8, 4) is 10.7 Å². The molecule has 27 heavy (non-hydrogen) atoms. The number of hydrogen-bond acceptors (Lipinski definition) is 7. The molecule has 0 radical (unpaired) electrons. The number of carbonyl (C=O) groups is 1. The van der Waals surface area contributed by atoms with Gasteiger partial charge < -0.3 is 18.9 Å². The van der Waals surface area contributed by atoms with Crippen molar-refractivity contribution in [1.29, 1.82) is 0 Å². The van der Waals surface area contributed by atoms with Gasteiger partial charge in [0.2, 0.25) is 11.7 Å². The quantitative estimate of drug-likeness (QED) is 0.778. The maximum atomic E-state index is 12.8. The standard InChI is InChI=1S/C19H25N3O4S/c1-13-5-2-3-6-15(13)25-12-17(23)22-8-9-24-11-14(22)19-20-18(21-26-19)16-7-4-10-27-16/h4,7,10,13-15H,2-3,5-6,8-9,11-12H2,1H3/t13-,14-,15+/m1/s1. The van der Waals surface area contributed by atoms with Gasteiger partial charge in [-0.1, -0.05) is 31.0 Å². The van der Waals surface area contributed by atoms with Crippen LogP contribution in [0.2, 0.25) is 0 Å². The van der Waals surface area contributed by atoms with Crippen LogP contribution < -0.4 is 0 Å². The highest BCUT2D eigenvalue weighted by atomic mass is 32.1. The first-order valence-corrected chi connectivity index (χ1v) is 10.5. The summed E-state index contributed by atoms with van der Waals surface area (Å²) in [5.74, 6) is 1.43. The molecular formula is C19H25N3O4S. The molecule has 2 aromatic heterocycles. The largest absolute Gasteiger partial charge is 0.377 e. The lowest BCUT2D eigenvalue weighted by atomic mass is 9.88. The van der Waals surface area contributed by atoms with Crippen molar-refractivity contribution >= 4 is 17.2 Å². The highest BCUT2D eigenvalue weighted by Crippen LogP contribution is 2.29. The Morgan fingerprint density at radius 2 is 2.30 bits per heavy atom. The molecule has 2 fully saturated rings. The smallest absolute Gasteiger partial charge is 0.252 e. The Balaban J connectivity index is 1.42. The Kier molecular flexibility index (Phi) is 5.85. The highest BCUT2D eigenvalue weighted by molar-refractivity contribution is 7.13. The fourth-order valence-corrected chi connectivity index (χ4v) is 4.42. The van der Waals surface area contributed by atoms with Crippen LogP contribution in [0.25, 0.3) is 10.7 Å². The minimum absolute atomic E-state index is 0.0445. The zero-order valence-electron chi connectivity index (χ0n) is 15.5. The number of hydrogen-bond donors (Lipinski definition) is 0. The molecule has 2 aliphatic rings. The molecule has 0 unspecified atom stereocenters. The van der Waals surface area contributed by atoms with Crippen molar-refractivity contribution in [2.24, 2.45) is 5.92 Å². The summed E-state index contributed by atoms with van der Waals surface area (Å²) in [5, 5.41) is 6.02. The van der Waals surface area contributed by atoms with Crippen LogP contribution in [0.5, 0.6) is 0 Å². The van der Waals surface area contributed by atoms with E-state index < -0.39 is 0 Å². The second-order valence-corrected chi connectivity index (χ2v) is 8.17. The predicted molar refractivity (Wildman–Crippen MR) is 100 cm³/mol. The van der Waals surface area contributed by atoms with Crippen molar-refractivity contribution < 1.29 is 18.8 Å². The molecule has 1 amide bonds. The van der Waals surface area contributed by atoms with Crippen LogP contribution in [0, 0.1) is 5.92 Å². The number of rotatable bonds is 5. The summed E-state index contributed by atoms with van der Waals surface area (Å²) in [6.45, 7) is 3.67. The van der Waals surface area contributed by atoms with E-state index in [1.807, 2.05) is 17.5 Å². The van der Waals surface area contributed by atoms with Gasteiger partial charge in [-0.05, 0) is 30.2 Å². The van der Waals surface area contributed by atoms with Crippen LogP contribution in [0.4, 0.5) is 0 Å². The first-order valence-electron chi connectivity index (χ1n) is 9.58. The lowest BCUT2D eigenvalue weighted by molar-refractivity contribution is -0.150. The second kappa shape index (κ2) is 8.50. The zero-order valence-corrected chi connectivity index (χ0v) is 16.3. The maximum Gasteiger partial charge on any atom is 0.252 e. The number of nitrogens with zero attached hydrogens (tertiary/aromatic N) is 3. The van der Waals surface area contributed by atoms with Crippen LogP contribution in [0.3, 0.4) is 0 Å². The average molecular weight is 391 g/mol. The lowest BCUT2D eigenvalue weighted by Gasteiger charge is -2.34. The van der Waals surface area contributed by atoms with Crippen molar-refractivity contribution in [2.45, 2.75) is 44.8 Å². The average Bonchev–Trinajstić information content (AvgIpc) is 3.39. The number of thiophene rings is 1. The van der Waals surface area contributed by atoms with E-state index in [1.165, 1.54) is 19.3 Å². The Labute approximate surface area is 162 Å². The van der Waals surface area contributed by atoms with Gasteiger partial charge in [0.1, 0.15) is 12.6 Å². The van der Waals surface area contributed by atoms with E-state index in [9.17, 15) is 4.79 Å². The molecule has 1 saturated heterocycles. The molecule has 0 bridgehead atoms. The van der Waals surface area contributed by atoms with Gasteiger partial charge in [0, 0.05) is 6.54 Å². The molecule has 3 heterocycles. The summed E-state index contributed by atoms with van der Waals surface area (Å²) in [6.07, 6.45) is 4.82. The van der Waals surface area contributed by atoms with E-state index in [0.717, 1.165) is 11.3 Å². The van der Waals surface area contributed by atoms with Gasteiger partial charge in [-0.25, -0.2) is 0 Å². The number of carbonyl (C=O) groups excluding carboxylic acids is 1. The minimum Gasteiger partial charge on any atom is -0.377 e. The third kappa shape index (κ3) is 4.23. The number of ether oxygens (including phenoxy) is 2. The molecule has 0 aromatic carbocycles. The Hall–Kier alpha value is -1.77. The third-order valence-electron chi connectivity index (χ3n) is 5.37. The van der Waals surface area contributed by atoms with Crippen LogP contribution in [-0.4, -0.2) is 53.4 Å². The molecule has 0 N–H and O–H groups in total. The topological polar surface area (TPSA) is 77.7 Å². The molecule has 4 rings (SSSR count). The minimum atomic E-state index is -0.361. The van der Waals surface area contributed by atoms with Crippen molar-refractivity contribution in [3.05, 3.63) is 23.4 Å². The highest BCUT2D eigenvalue weighted by Gasteiger charge is 2.34.